The molecule has 1 N–H and O–H groups in total. The molecule has 130 valence electrons. The fourth-order valence-corrected chi connectivity index (χ4v) is 3.36. The summed E-state index contributed by atoms with van der Waals surface area (Å²) in [5, 5.41) is 7.99. The molecule has 2 aromatic rings. The van der Waals surface area contributed by atoms with E-state index in [1.165, 1.54) is 6.21 Å². The maximum Gasteiger partial charge on any atom is 0.276 e. The maximum atomic E-state index is 12.3. The SMILES string of the molecule is CCC(C)c1ccc(S(=O)(=O)N/N=C/c2c(Br)cnn2CC)cc1. The molecule has 1 aromatic carbocycles. The highest BCUT2D eigenvalue weighted by Crippen LogP contribution is 2.20. The van der Waals surface area contributed by atoms with Gasteiger partial charge in [0.2, 0.25) is 0 Å². The first-order valence-electron chi connectivity index (χ1n) is 7.75. The molecule has 0 spiro atoms. The fraction of sp³-hybridized carbons (Fsp3) is 0.375. The zero-order valence-electron chi connectivity index (χ0n) is 13.9. The number of nitrogens with one attached hydrogen (secondary N) is 1. The van der Waals surface area contributed by atoms with Gasteiger partial charge in [-0.3, -0.25) is 4.68 Å². The van der Waals surface area contributed by atoms with Gasteiger partial charge in [-0.1, -0.05) is 26.0 Å². The van der Waals surface area contributed by atoms with Gasteiger partial charge in [0, 0.05) is 6.54 Å². The third-order valence-electron chi connectivity index (χ3n) is 3.86. The summed E-state index contributed by atoms with van der Waals surface area (Å²) in [6.07, 6.45) is 4.09. The molecule has 6 nitrogen and oxygen atoms in total. The van der Waals surface area contributed by atoms with Crippen molar-refractivity contribution in [2.75, 3.05) is 0 Å². The van der Waals surface area contributed by atoms with E-state index in [-0.39, 0.29) is 4.90 Å². The van der Waals surface area contributed by atoms with Crippen LogP contribution in [0.2, 0.25) is 0 Å². The molecule has 2 rings (SSSR count). The lowest BCUT2D eigenvalue weighted by Crippen LogP contribution is -2.18. The van der Waals surface area contributed by atoms with Gasteiger partial charge in [0.25, 0.3) is 10.0 Å². The predicted molar refractivity (Wildman–Crippen MR) is 98.7 cm³/mol. The molecule has 0 fully saturated rings. The molecule has 8 heteroatoms. The van der Waals surface area contributed by atoms with Crippen LogP contribution < -0.4 is 4.83 Å². The van der Waals surface area contributed by atoms with Crippen LogP contribution in [-0.2, 0) is 16.6 Å². The monoisotopic (exact) mass is 412 g/mol. The Hall–Kier alpha value is -1.67. The van der Waals surface area contributed by atoms with Crippen molar-refractivity contribution in [1.29, 1.82) is 0 Å². The third-order valence-corrected chi connectivity index (χ3v) is 5.71. The van der Waals surface area contributed by atoms with E-state index in [1.807, 2.05) is 19.1 Å². The smallest absolute Gasteiger partial charge is 0.263 e. The molecule has 0 saturated heterocycles. The van der Waals surface area contributed by atoms with Gasteiger partial charge >= 0.3 is 0 Å². The van der Waals surface area contributed by atoms with E-state index in [4.69, 9.17) is 0 Å². The van der Waals surface area contributed by atoms with Crippen molar-refractivity contribution in [2.45, 2.75) is 44.6 Å². The standard InChI is InChI=1S/C16H21BrN4O2S/c1-4-12(3)13-6-8-14(9-7-13)24(22,23)20-18-11-16-15(17)10-19-21(16)5-2/h6-12,20H,4-5H2,1-3H3/b18-11+. The average molecular weight is 413 g/mol. The van der Waals surface area contributed by atoms with Crippen LogP contribution in [0.1, 0.15) is 44.4 Å². The Bertz CT molecular complexity index is 813. The van der Waals surface area contributed by atoms with Crippen molar-refractivity contribution in [3.05, 3.63) is 46.2 Å². The highest BCUT2D eigenvalue weighted by Gasteiger charge is 2.14. The molecule has 1 atom stereocenters. The molecule has 1 heterocycles. The van der Waals surface area contributed by atoms with Gasteiger partial charge < -0.3 is 0 Å². The lowest BCUT2D eigenvalue weighted by Gasteiger charge is -2.10. The van der Waals surface area contributed by atoms with Crippen LogP contribution in [0.25, 0.3) is 0 Å². The van der Waals surface area contributed by atoms with E-state index in [9.17, 15) is 8.42 Å². The summed E-state index contributed by atoms with van der Waals surface area (Å²) in [6.45, 7) is 6.82. The van der Waals surface area contributed by atoms with Gasteiger partial charge in [0.15, 0.2) is 0 Å². The number of aryl methyl sites for hydroxylation is 1. The van der Waals surface area contributed by atoms with Crippen molar-refractivity contribution in [3.8, 4) is 0 Å². The Morgan fingerprint density at radius 2 is 2.00 bits per heavy atom. The second-order valence-electron chi connectivity index (χ2n) is 5.42. The molecule has 0 amide bonds. The van der Waals surface area contributed by atoms with E-state index in [2.05, 4.69) is 44.8 Å². The second kappa shape index (κ2) is 7.94. The van der Waals surface area contributed by atoms with E-state index < -0.39 is 10.0 Å². The first kappa shape index (κ1) is 18.7. The fourth-order valence-electron chi connectivity index (χ4n) is 2.17. The van der Waals surface area contributed by atoms with Crippen molar-refractivity contribution >= 4 is 32.2 Å². The topological polar surface area (TPSA) is 76.3 Å². The van der Waals surface area contributed by atoms with Crippen LogP contribution in [0.4, 0.5) is 0 Å². The van der Waals surface area contributed by atoms with Gasteiger partial charge in [0.1, 0.15) is 0 Å². The summed E-state index contributed by atoms with van der Waals surface area (Å²) in [6, 6.07) is 6.89. The summed E-state index contributed by atoms with van der Waals surface area (Å²) in [7, 11) is -3.69. The molecule has 1 unspecified atom stereocenters. The van der Waals surface area contributed by atoms with E-state index >= 15 is 0 Å². The highest BCUT2D eigenvalue weighted by atomic mass is 79.9. The van der Waals surface area contributed by atoms with Gasteiger partial charge in [-0.25, -0.2) is 4.83 Å². The third kappa shape index (κ3) is 4.24. The van der Waals surface area contributed by atoms with E-state index in [0.29, 0.717) is 18.2 Å². The molecule has 0 saturated carbocycles. The molecule has 1 aromatic heterocycles. The largest absolute Gasteiger partial charge is 0.276 e. The number of nitrogens with zero attached hydrogens (tertiary/aromatic N) is 3. The zero-order valence-corrected chi connectivity index (χ0v) is 16.3. The minimum absolute atomic E-state index is 0.190. The number of rotatable bonds is 7. The van der Waals surface area contributed by atoms with Gasteiger partial charge in [-0.15, -0.1) is 0 Å². The van der Waals surface area contributed by atoms with Crippen LogP contribution in [0.15, 0.2) is 44.9 Å². The minimum atomic E-state index is -3.69. The molecule has 0 radical (unpaired) electrons. The molecular weight excluding hydrogens is 392 g/mol. The van der Waals surface area contributed by atoms with Crippen molar-refractivity contribution in [2.24, 2.45) is 5.10 Å². The quantitative estimate of drug-likeness (QED) is 0.558. The zero-order chi connectivity index (χ0) is 17.7. The summed E-state index contributed by atoms with van der Waals surface area (Å²) in [4.78, 5) is 2.42. The second-order valence-corrected chi connectivity index (χ2v) is 7.94. The van der Waals surface area contributed by atoms with Crippen LogP contribution in [0.3, 0.4) is 0 Å². The number of hydrogen-bond donors (Lipinski definition) is 1. The Morgan fingerprint density at radius 3 is 2.58 bits per heavy atom. The lowest BCUT2D eigenvalue weighted by molar-refractivity contribution is 0.584. The molecule has 0 aliphatic heterocycles. The number of aromatic nitrogens is 2. The molecular formula is C16H21BrN4O2S. The molecule has 0 aliphatic carbocycles. The lowest BCUT2D eigenvalue weighted by atomic mass is 9.99. The van der Waals surface area contributed by atoms with Crippen LogP contribution in [-0.4, -0.2) is 24.4 Å². The molecule has 24 heavy (non-hydrogen) atoms. The highest BCUT2D eigenvalue weighted by molar-refractivity contribution is 9.10. The first-order chi connectivity index (χ1) is 11.4. The summed E-state index contributed by atoms with van der Waals surface area (Å²) >= 11 is 3.36. The Balaban J connectivity index is 2.13. The summed E-state index contributed by atoms with van der Waals surface area (Å²) in [5.41, 5.74) is 1.82. The van der Waals surface area contributed by atoms with Gasteiger partial charge in [-0.2, -0.15) is 18.6 Å². The molecule has 0 bridgehead atoms. The number of sulfonamides is 1. The van der Waals surface area contributed by atoms with Crippen molar-refractivity contribution in [1.82, 2.24) is 14.6 Å². The predicted octanol–water partition coefficient (Wildman–Crippen LogP) is 3.49. The first-order valence-corrected chi connectivity index (χ1v) is 10.0. The molecule has 0 aliphatic rings. The number of hydrazone groups is 1. The van der Waals surface area contributed by atoms with Gasteiger partial charge in [0.05, 0.1) is 27.5 Å². The normalized spacial score (nSPS) is 13.3. The van der Waals surface area contributed by atoms with Crippen LogP contribution in [0.5, 0.6) is 0 Å². The minimum Gasteiger partial charge on any atom is -0.263 e. The Kier molecular flexibility index (Phi) is 6.17. The van der Waals surface area contributed by atoms with E-state index in [1.54, 1.807) is 23.0 Å². The van der Waals surface area contributed by atoms with Crippen LogP contribution >= 0.6 is 15.9 Å². The average Bonchev–Trinajstić information content (AvgIpc) is 2.94. The Morgan fingerprint density at radius 1 is 1.33 bits per heavy atom. The summed E-state index contributed by atoms with van der Waals surface area (Å²) in [5.74, 6) is 0.402. The number of hydrogen-bond acceptors (Lipinski definition) is 4. The Labute approximate surface area is 151 Å². The van der Waals surface area contributed by atoms with Crippen molar-refractivity contribution < 1.29 is 8.42 Å². The van der Waals surface area contributed by atoms with Gasteiger partial charge in [-0.05, 0) is 52.9 Å². The number of halogens is 1. The summed E-state index contributed by atoms with van der Waals surface area (Å²) < 4.78 is 27.0. The van der Waals surface area contributed by atoms with E-state index in [0.717, 1.165) is 16.5 Å². The maximum absolute atomic E-state index is 12.3. The van der Waals surface area contributed by atoms with Crippen molar-refractivity contribution in [3.63, 3.8) is 0 Å². The number of benzene rings is 1. The van der Waals surface area contributed by atoms with Crippen LogP contribution in [0, 0.1) is 0 Å².